The molecule has 0 heterocycles. The minimum Gasteiger partial charge on any atom is -0.313 e. The van der Waals surface area contributed by atoms with E-state index in [0.29, 0.717) is 0 Å². The number of benzene rings is 2. The zero-order valence-corrected chi connectivity index (χ0v) is 12.8. The fourth-order valence-corrected chi connectivity index (χ4v) is 5.10. The maximum absolute atomic E-state index is 13.7. The van der Waals surface area contributed by atoms with Crippen LogP contribution in [-0.2, 0) is 4.57 Å². The summed E-state index contributed by atoms with van der Waals surface area (Å²) >= 11 is 0. The van der Waals surface area contributed by atoms with E-state index in [1.54, 1.807) is 0 Å². The molecule has 1 atom stereocenters. The Morgan fingerprint density at radius 2 is 1.50 bits per heavy atom. The van der Waals surface area contributed by atoms with Crippen LogP contribution in [0, 0.1) is 0 Å². The Hall–Kier alpha value is -1.81. The number of rotatable bonds is 4. The highest BCUT2D eigenvalue weighted by Crippen LogP contribution is 2.60. The predicted molar refractivity (Wildman–Crippen MR) is 87.8 cm³/mol. The molecule has 0 fully saturated rings. The van der Waals surface area contributed by atoms with Crippen molar-refractivity contribution in [3.05, 3.63) is 78.5 Å². The Labute approximate surface area is 121 Å². The summed E-state index contributed by atoms with van der Waals surface area (Å²) in [7, 11) is -2.73. The SMILES string of the molecule is C=C=C(c1ccccc1)[P@@](=O)(c1ccccc1)C(C)C. The van der Waals surface area contributed by atoms with Crippen molar-refractivity contribution in [2.24, 2.45) is 0 Å². The maximum atomic E-state index is 13.7. The Bertz CT molecular complexity index is 665. The van der Waals surface area contributed by atoms with E-state index in [1.165, 1.54) is 0 Å². The molecule has 102 valence electrons. The molecule has 2 heteroatoms. The molecule has 0 spiro atoms. The van der Waals surface area contributed by atoms with Crippen LogP contribution in [0.5, 0.6) is 0 Å². The molecular weight excluding hydrogens is 263 g/mol. The first-order chi connectivity index (χ1) is 9.60. The zero-order chi connectivity index (χ0) is 14.6. The molecule has 0 saturated heterocycles. The molecule has 0 aliphatic rings. The van der Waals surface area contributed by atoms with E-state index in [1.807, 2.05) is 74.5 Å². The molecule has 0 bridgehead atoms. The van der Waals surface area contributed by atoms with Gasteiger partial charge in [0.05, 0.1) is 5.31 Å². The third kappa shape index (κ3) is 2.56. The molecule has 0 saturated carbocycles. The van der Waals surface area contributed by atoms with E-state index in [9.17, 15) is 4.57 Å². The second-order valence-corrected chi connectivity index (χ2v) is 8.29. The molecule has 20 heavy (non-hydrogen) atoms. The van der Waals surface area contributed by atoms with Gasteiger partial charge in [-0.2, -0.15) is 0 Å². The van der Waals surface area contributed by atoms with Gasteiger partial charge < -0.3 is 4.57 Å². The molecule has 0 aliphatic heterocycles. The van der Waals surface area contributed by atoms with Gasteiger partial charge in [0, 0.05) is 11.0 Å². The van der Waals surface area contributed by atoms with E-state index < -0.39 is 7.14 Å². The predicted octanol–water partition coefficient (Wildman–Crippen LogP) is 4.91. The minimum absolute atomic E-state index is 0.00866. The Kier molecular flexibility index (Phi) is 4.45. The summed E-state index contributed by atoms with van der Waals surface area (Å²) in [5.41, 5.74) is 3.88. The molecule has 0 N–H and O–H groups in total. The van der Waals surface area contributed by atoms with Gasteiger partial charge in [0.25, 0.3) is 0 Å². The second-order valence-electron chi connectivity index (χ2n) is 4.98. The van der Waals surface area contributed by atoms with Crippen molar-refractivity contribution in [2.45, 2.75) is 19.5 Å². The summed E-state index contributed by atoms with van der Waals surface area (Å²) in [6.45, 7) is 7.77. The summed E-state index contributed by atoms with van der Waals surface area (Å²) in [5.74, 6) is 0. The van der Waals surface area contributed by atoms with Gasteiger partial charge in [0.2, 0.25) is 0 Å². The average Bonchev–Trinajstić information content (AvgIpc) is 2.49. The fraction of sp³-hybridized carbons (Fsp3) is 0.167. The molecule has 0 unspecified atom stereocenters. The Morgan fingerprint density at radius 3 is 1.95 bits per heavy atom. The van der Waals surface area contributed by atoms with Gasteiger partial charge >= 0.3 is 0 Å². The van der Waals surface area contributed by atoms with E-state index in [0.717, 1.165) is 16.2 Å². The van der Waals surface area contributed by atoms with Crippen molar-refractivity contribution < 1.29 is 4.57 Å². The van der Waals surface area contributed by atoms with Crippen LogP contribution < -0.4 is 5.30 Å². The monoisotopic (exact) mass is 282 g/mol. The largest absolute Gasteiger partial charge is 0.313 e. The lowest BCUT2D eigenvalue weighted by Crippen LogP contribution is -2.13. The normalized spacial score (nSPS) is 13.6. The first-order valence-electron chi connectivity index (χ1n) is 6.72. The quantitative estimate of drug-likeness (QED) is 0.575. The lowest BCUT2D eigenvalue weighted by atomic mass is 10.2. The van der Waals surface area contributed by atoms with Crippen LogP contribution in [0.25, 0.3) is 5.31 Å². The van der Waals surface area contributed by atoms with Crippen LogP contribution in [0.2, 0.25) is 0 Å². The second kappa shape index (κ2) is 6.09. The van der Waals surface area contributed by atoms with Gasteiger partial charge in [-0.3, -0.25) is 0 Å². The fourth-order valence-electron chi connectivity index (χ4n) is 2.34. The van der Waals surface area contributed by atoms with Crippen LogP contribution in [0.3, 0.4) is 0 Å². The van der Waals surface area contributed by atoms with Crippen molar-refractivity contribution in [3.63, 3.8) is 0 Å². The lowest BCUT2D eigenvalue weighted by Gasteiger charge is -2.24. The van der Waals surface area contributed by atoms with E-state index >= 15 is 0 Å². The highest BCUT2D eigenvalue weighted by atomic mass is 31.2. The standard InChI is InChI=1S/C18H19OP/c1-4-18(16-11-7-5-8-12-16)20(19,15(2)3)17-13-9-6-10-14-17/h5-15H,1H2,2-3H3/t20-/m0/s1. The molecule has 0 amide bonds. The summed E-state index contributed by atoms with van der Waals surface area (Å²) < 4.78 is 13.7. The maximum Gasteiger partial charge on any atom is 0.153 e. The topological polar surface area (TPSA) is 17.1 Å². The van der Waals surface area contributed by atoms with Gasteiger partial charge in [0.1, 0.15) is 0 Å². The van der Waals surface area contributed by atoms with Crippen LogP contribution in [0.15, 0.2) is 73.0 Å². The van der Waals surface area contributed by atoms with E-state index in [-0.39, 0.29) is 5.66 Å². The van der Waals surface area contributed by atoms with E-state index in [4.69, 9.17) is 0 Å². The van der Waals surface area contributed by atoms with Crippen LogP contribution >= 0.6 is 7.14 Å². The molecule has 2 aromatic carbocycles. The highest BCUT2D eigenvalue weighted by molar-refractivity contribution is 7.81. The van der Waals surface area contributed by atoms with Crippen molar-refractivity contribution in [2.75, 3.05) is 0 Å². The molecule has 0 aromatic heterocycles. The average molecular weight is 282 g/mol. The summed E-state index contributed by atoms with van der Waals surface area (Å²) in [4.78, 5) is 0. The Morgan fingerprint density at radius 1 is 1.00 bits per heavy atom. The van der Waals surface area contributed by atoms with Crippen LogP contribution in [0.1, 0.15) is 19.4 Å². The summed E-state index contributed by atoms with van der Waals surface area (Å²) in [6, 6.07) is 19.4. The molecule has 2 aromatic rings. The third-order valence-corrected chi connectivity index (χ3v) is 7.01. The van der Waals surface area contributed by atoms with Gasteiger partial charge in [-0.25, -0.2) is 0 Å². The lowest BCUT2D eigenvalue weighted by molar-refractivity contribution is 0.582. The van der Waals surface area contributed by atoms with Gasteiger partial charge in [-0.05, 0) is 5.56 Å². The Balaban J connectivity index is 2.66. The van der Waals surface area contributed by atoms with Crippen molar-refractivity contribution in [1.82, 2.24) is 0 Å². The molecular formula is C18H19OP. The zero-order valence-electron chi connectivity index (χ0n) is 11.9. The van der Waals surface area contributed by atoms with Gasteiger partial charge in [-0.1, -0.05) is 81.1 Å². The number of hydrogen-bond donors (Lipinski definition) is 0. The van der Waals surface area contributed by atoms with E-state index in [2.05, 4.69) is 12.3 Å². The number of hydrogen-bond acceptors (Lipinski definition) is 1. The van der Waals surface area contributed by atoms with Crippen molar-refractivity contribution in [3.8, 4) is 0 Å². The van der Waals surface area contributed by atoms with Crippen LogP contribution in [-0.4, -0.2) is 5.66 Å². The third-order valence-electron chi connectivity index (χ3n) is 3.41. The first-order valence-corrected chi connectivity index (χ1v) is 8.49. The van der Waals surface area contributed by atoms with Crippen molar-refractivity contribution >= 4 is 17.8 Å². The van der Waals surface area contributed by atoms with Gasteiger partial charge in [-0.15, -0.1) is 5.73 Å². The molecule has 1 nitrogen and oxygen atoms in total. The summed E-state index contributed by atoms with van der Waals surface area (Å²) in [6.07, 6.45) is 0. The molecule has 0 radical (unpaired) electrons. The summed E-state index contributed by atoms with van der Waals surface area (Å²) in [5, 5.41) is 1.59. The van der Waals surface area contributed by atoms with Crippen molar-refractivity contribution in [1.29, 1.82) is 0 Å². The van der Waals surface area contributed by atoms with Crippen LogP contribution in [0.4, 0.5) is 0 Å². The molecule has 0 aliphatic carbocycles. The highest BCUT2D eigenvalue weighted by Gasteiger charge is 2.33. The smallest absolute Gasteiger partial charge is 0.153 e. The first kappa shape index (κ1) is 14.6. The minimum atomic E-state index is -2.73. The van der Waals surface area contributed by atoms with Gasteiger partial charge in [0.15, 0.2) is 7.14 Å². The molecule has 2 rings (SSSR count).